The molecule has 0 amide bonds. The Balaban J connectivity index is 1.14. The summed E-state index contributed by atoms with van der Waals surface area (Å²) in [7, 11) is 0. The van der Waals surface area contributed by atoms with Crippen molar-refractivity contribution in [1.82, 2.24) is 14.5 Å². The summed E-state index contributed by atoms with van der Waals surface area (Å²) in [6.07, 6.45) is 0. The largest absolute Gasteiger partial charge is 0.308 e. The second-order valence-electron chi connectivity index (χ2n) is 16.5. The third kappa shape index (κ3) is 5.65. The van der Waals surface area contributed by atoms with E-state index in [9.17, 15) is 0 Å². The molecule has 0 N–H and O–H groups in total. The van der Waals surface area contributed by atoms with Gasteiger partial charge in [0.15, 0.2) is 5.82 Å². The fraction of sp³-hybridized carbons (Fsp3) is 0.0169. The second kappa shape index (κ2) is 14.1. The van der Waals surface area contributed by atoms with Crippen molar-refractivity contribution < 1.29 is 0 Å². The molecule has 0 aliphatic rings. The van der Waals surface area contributed by atoms with E-state index in [1.165, 1.54) is 79.9 Å². The van der Waals surface area contributed by atoms with Crippen LogP contribution in [0.4, 0.5) is 0 Å². The lowest BCUT2D eigenvalue weighted by Gasteiger charge is -2.17. The molecule has 10 aromatic carbocycles. The molecule has 0 unspecified atom stereocenters. The molecule has 4 heteroatoms. The van der Waals surface area contributed by atoms with Crippen LogP contribution in [-0.2, 0) is 0 Å². The lowest BCUT2D eigenvalue weighted by Crippen LogP contribution is -2.02. The predicted octanol–water partition coefficient (Wildman–Crippen LogP) is 16.4. The molecular formula is C59H37N3S. The molecule has 294 valence electrons. The summed E-state index contributed by atoms with van der Waals surface area (Å²) in [4.78, 5) is 11.2. The van der Waals surface area contributed by atoms with E-state index in [2.05, 4.69) is 218 Å². The molecule has 0 saturated carbocycles. The molecule has 3 aromatic heterocycles. The van der Waals surface area contributed by atoms with Crippen LogP contribution in [-0.4, -0.2) is 14.5 Å². The normalized spacial score (nSPS) is 11.9. The van der Waals surface area contributed by atoms with E-state index in [0.29, 0.717) is 5.82 Å². The highest BCUT2D eigenvalue weighted by Gasteiger charge is 2.23. The first-order valence-corrected chi connectivity index (χ1v) is 22.3. The van der Waals surface area contributed by atoms with Gasteiger partial charge in [0, 0.05) is 53.2 Å². The molecule has 3 heterocycles. The van der Waals surface area contributed by atoms with Crippen molar-refractivity contribution in [3.63, 3.8) is 0 Å². The average molecular weight is 820 g/mol. The zero-order valence-corrected chi connectivity index (χ0v) is 35.2. The molecule has 0 radical (unpaired) electrons. The Bertz CT molecular complexity index is 3980. The van der Waals surface area contributed by atoms with E-state index in [-0.39, 0.29) is 0 Å². The highest BCUT2D eigenvalue weighted by atomic mass is 32.1. The van der Waals surface area contributed by atoms with E-state index >= 15 is 0 Å². The number of thiophene rings is 1. The fourth-order valence-corrected chi connectivity index (χ4v) is 11.1. The standard InChI is InChI=1S/C59H37N3S/c1-36-57(43-23-13-22-40(31-43)37-15-3-2-4-16-37)60-59(61-58(36)47-27-14-21-38-17-7-9-24-45(38)47)44-34-52(56-48-26-11-12-28-53(48)63-54(56)35-44)62-50-30-29-39-18-8-10-25-46(39)55(50)49-32-41-19-5-6-20-42(41)33-51(49)62/h2-35H,1H3. The molecule has 3 nitrogen and oxygen atoms in total. The van der Waals surface area contributed by atoms with Crippen molar-refractivity contribution in [3.05, 3.63) is 212 Å². The predicted molar refractivity (Wildman–Crippen MR) is 268 cm³/mol. The number of hydrogen-bond donors (Lipinski definition) is 0. The maximum Gasteiger partial charge on any atom is 0.160 e. The van der Waals surface area contributed by atoms with E-state index in [1.807, 2.05) is 11.3 Å². The Kier molecular flexibility index (Phi) is 7.99. The lowest BCUT2D eigenvalue weighted by molar-refractivity contribution is 1.14. The van der Waals surface area contributed by atoms with Gasteiger partial charge in [-0.15, -0.1) is 11.3 Å². The molecule has 13 aromatic rings. The van der Waals surface area contributed by atoms with Crippen LogP contribution in [0.25, 0.3) is 125 Å². The maximum absolute atomic E-state index is 5.60. The quantitative estimate of drug-likeness (QED) is 0.173. The summed E-state index contributed by atoms with van der Waals surface area (Å²) in [6.45, 7) is 2.18. The van der Waals surface area contributed by atoms with Crippen LogP contribution in [0.5, 0.6) is 0 Å². The van der Waals surface area contributed by atoms with Crippen LogP contribution in [0.15, 0.2) is 206 Å². The summed E-state index contributed by atoms with van der Waals surface area (Å²) in [6, 6.07) is 74.9. The lowest BCUT2D eigenvalue weighted by atomic mass is 9.95. The van der Waals surface area contributed by atoms with E-state index in [0.717, 1.165) is 44.9 Å². The van der Waals surface area contributed by atoms with Crippen molar-refractivity contribution in [2.75, 3.05) is 0 Å². The van der Waals surface area contributed by atoms with Gasteiger partial charge in [0.25, 0.3) is 0 Å². The monoisotopic (exact) mass is 819 g/mol. The summed E-state index contributed by atoms with van der Waals surface area (Å²) in [5.74, 6) is 0.695. The van der Waals surface area contributed by atoms with Crippen molar-refractivity contribution >= 4 is 85.6 Å². The first-order chi connectivity index (χ1) is 31.1. The topological polar surface area (TPSA) is 30.7 Å². The molecular weight excluding hydrogens is 783 g/mol. The minimum Gasteiger partial charge on any atom is -0.308 e. The first-order valence-electron chi connectivity index (χ1n) is 21.5. The molecule has 0 fully saturated rings. The van der Waals surface area contributed by atoms with E-state index in [4.69, 9.17) is 9.97 Å². The van der Waals surface area contributed by atoms with Gasteiger partial charge in [-0.25, -0.2) is 9.97 Å². The third-order valence-corrected chi connectivity index (χ3v) is 14.0. The number of aromatic nitrogens is 3. The molecule has 13 rings (SSSR count). The Hall–Kier alpha value is -7.92. The summed E-state index contributed by atoms with van der Waals surface area (Å²) in [5, 5.41) is 12.3. The maximum atomic E-state index is 5.60. The van der Waals surface area contributed by atoms with Crippen LogP contribution in [0.1, 0.15) is 5.56 Å². The van der Waals surface area contributed by atoms with Gasteiger partial charge in [-0.1, -0.05) is 164 Å². The first kappa shape index (κ1) is 35.8. The molecule has 0 atom stereocenters. The van der Waals surface area contributed by atoms with Gasteiger partial charge in [0.1, 0.15) is 0 Å². The summed E-state index contributed by atoms with van der Waals surface area (Å²) >= 11 is 1.83. The smallest absolute Gasteiger partial charge is 0.160 e. The molecule has 0 saturated heterocycles. The molecule has 0 aliphatic carbocycles. The molecule has 0 aliphatic heterocycles. The number of rotatable bonds is 5. The van der Waals surface area contributed by atoms with Crippen LogP contribution in [0, 0.1) is 6.92 Å². The number of nitrogens with zero attached hydrogens (tertiary/aromatic N) is 3. The van der Waals surface area contributed by atoms with Crippen molar-refractivity contribution in [2.45, 2.75) is 6.92 Å². The zero-order valence-electron chi connectivity index (χ0n) is 34.4. The number of hydrogen-bond acceptors (Lipinski definition) is 3. The summed E-state index contributed by atoms with van der Waals surface area (Å²) < 4.78 is 4.96. The van der Waals surface area contributed by atoms with Crippen molar-refractivity contribution in [3.8, 4) is 50.7 Å². The van der Waals surface area contributed by atoms with Crippen LogP contribution >= 0.6 is 11.3 Å². The summed E-state index contributed by atoms with van der Waals surface area (Å²) in [5.41, 5.74) is 11.8. The second-order valence-corrected chi connectivity index (χ2v) is 17.6. The van der Waals surface area contributed by atoms with E-state index in [1.54, 1.807) is 0 Å². The highest BCUT2D eigenvalue weighted by molar-refractivity contribution is 7.26. The molecule has 0 bridgehead atoms. The van der Waals surface area contributed by atoms with E-state index < -0.39 is 0 Å². The van der Waals surface area contributed by atoms with Gasteiger partial charge in [-0.2, -0.15) is 0 Å². The SMILES string of the molecule is Cc1c(-c2cccc(-c3ccccc3)c2)nc(-c2cc(-n3c4cc5ccccc5cc4c4c5ccccc5ccc43)c3c(c2)sc2ccccc23)nc1-c1cccc2ccccc12. The van der Waals surface area contributed by atoms with Crippen LogP contribution in [0.2, 0.25) is 0 Å². The van der Waals surface area contributed by atoms with Crippen molar-refractivity contribution in [2.24, 2.45) is 0 Å². The third-order valence-electron chi connectivity index (χ3n) is 12.9. The Morgan fingerprint density at radius 2 is 1.02 bits per heavy atom. The number of fused-ring (bicyclic) bond motifs is 10. The minimum absolute atomic E-state index is 0.695. The van der Waals surface area contributed by atoms with Gasteiger partial charge in [0.2, 0.25) is 0 Å². The number of benzene rings is 10. The minimum atomic E-state index is 0.695. The van der Waals surface area contributed by atoms with Gasteiger partial charge in [0.05, 0.1) is 28.1 Å². The molecule has 0 spiro atoms. The van der Waals surface area contributed by atoms with Gasteiger partial charge < -0.3 is 4.57 Å². The fourth-order valence-electron chi connectivity index (χ4n) is 9.97. The van der Waals surface area contributed by atoms with Gasteiger partial charge in [-0.05, 0) is 92.8 Å². The Morgan fingerprint density at radius 3 is 1.86 bits per heavy atom. The Morgan fingerprint density at radius 1 is 0.381 bits per heavy atom. The Labute approximate surface area is 367 Å². The zero-order chi connectivity index (χ0) is 41.6. The average Bonchev–Trinajstić information content (AvgIpc) is 3.89. The van der Waals surface area contributed by atoms with Gasteiger partial charge >= 0.3 is 0 Å². The van der Waals surface area contributed by atoms with Gasteiger partial charge in [-0.3, -0.25) is 0 Å². The molecule has 63 heavy (non-hydrogen) atoms. The van der Waals surface area contributed by atoms with Crippen LogP contribution in [0.3, 0.4) is 0 Å². The van der Waals surface area contributed by atoms with Crippen LogP contribution < -0.4 is 0 Å². The highest BCUT2D eigenvalue weighted by Crippen LogP contribution is 2.46. The van der Waals surface area contributed by atoms with Crippen molar-refractivity contribution in [1.29, 1.82) is 0 Å².